The van der Waals surface area contributed by atoms with Crippen molar-refractivity contribution < 1.29 is 9.53 Å². The molecule has 0 fully saturated rings. The van der Waals surface area contributed by atoms with E-state index >= 15 is 0 Å². The van der Waals surface area contributed by atoms with Gasteiger partial charge >= 0.3 is 5.97 Å². The first kappa shape index (κ1) is 14.2. The molecule has 0 bridgehead atoms. The number of unbranched alkanes of at least 4 members (excludes halogenated alkanes) is 1. The third kappa shape index (κ3) is 5.84. The Morgan fingerprint density at radius 2 is 2.35 bits per heavy atom. The number of thiophene rings is 1. The van der Waals surface area contributed by atoms with Crippen LogP contribution in [0.4, 0.5) is 0 Å². The van der Waals surface area contributed by atoms with Gasteiger partial charge in [-0.1, -0.05) is 19.4 Å². The molecule has 0 unspecified atom stereocenters. The van der Waals surface area contributed by atoms with Crippen LogP contribution in [0.2, 0.25) is 0 Å². The van der Waals surface area contributed by atoms with Gasteiger partial charge in [0.1, 0.15) is 6.10 Å². The van der Waals surface area contributed by atoms with Crippen LogP contribution >= 0.6 is 11.3 Å². The minimum atomic E-state index is -0.211. The van der Waals surface area contributed by atoms with Crippen molar-refractivity contribution in [2.45, 2.75) is 39.2 Å². The van der Waals surface area contributed by atoms with Gasteiger partial charge in [0, 0.05) is 18.2 Å². The van der Waals surface area contributed by atoms with Crippen LogP contribution < -0.4 is 5.32 Å². The molecule has 1 aromatic rings. The topological polar surface area (TPSA) is 38.3 Å². The number of esters is 1. The molecule has 0 spiro atoms. The fourth-order valence-electron chi connectivity index (χ4n) is 1.59. The molecule has 3 nitrogen and oxygen atoms in total. The summed E-state index contributed by atoms with van der Waals surface area (Å²) in [6.45, 7) is 5.56. The first-order valence-corrected chi connectivity index (χ1v) is 7.03. The highest BCUT2D eigenvalue weighted by atomic mass is 32.1. The molecule has 0 saturated carbocycles. The van der Waals surface area contributed by atoms with Gasteiger partial charge in [-0.05, 0) is 31.0 Å². The molecular weight excluding hydrogens is 234 g/mol. The van der Waals surface area contributed by atoms with Crippen molar-refractivity contribution in [3.05, 3.63) is 22.4 Å². The van der Waals surface area contributed by atoms with Crippen LogP contribution in [0.5, 0.6) is 0 Å². The molecule has 0 aliphatic heterocycles. The summed E-state index contributed by atoms with van der Waals surface area (Å²) in [5, 5.41) is 5.38. The van der Waals surface area contributed by atoms with E-state index in [4.69, 9.17) is 4.74 Å². The van der Waals surface area contributed by atoms with Crippen LogP contribution in [0.25, 0.3) is 0 Å². The van der Waals surface area contributed by atoms with Gasteiger partial charge in [-0.25, -0.2) is 0 Å². The second kappa shape index (κ2) is 8.25. The Bertz CT molecular complexity index is 311. The monoisotopic (exact) mass is 255 g/mol. The summed E-state index contributed by atoms with van der Waals surface area (Å²) in [5.74, 6) is -0.211. The summed E-state index contributed by atoms with van der Waals surface area (Å²) in [6.07, 6.45) is 3.13. The molecule has 17 heavy (non-hydrogen) atoms. The van der Waals surface area contributed by atoms with Gasteiger partial charge in [-0.3, -0.25) is 4.79 Å². The molecular formula is C13H21NO2S. The summed E-state index contributed by atoms with van der Waals surface area (Å²) >= 11 is 1.64. The Hall–Kier alpha value is -0.870. The maximum absolute atomic E-state index is 11.0. The Morgan fingerprint density at radius 3 is 2.94 bits per heavy atom. The molecule has 1 atom stereocenters. The Labute approximate surface area is 107 Å². The standard InChI is InChI=1S/C13H21NO2S/c1-3-4-8-14-9-7-12(16-11(2)15)13-6-5-10-17-13/h5-6,10,12,14H,3-4,7-9H2,1-2H3/t12-/m0/s1. The number of carbonyl (C=O) groups excluding carboxylic acids is 1. The molecule has 1 N–H and O–H groups in total. The van der Waals surface area contributed by atoms with E-state index in [1.165, 1.54) is 19.8 Å². The van der Waals surface area contributed by atoms with E-state index in [1.54, 1.807) is 11.3 Å². The van der Waals surface area contributed by atoms with Crippen LogP contribution in [0.15, 0.2) is 17.5 Å². The fraction of sp³-hybridized carbons (Fsp3) is 0.615. The minimum absolute atomic E-state index is 0.0957. The highest BCUT2D eigenvalue weighted by Gasteiger charge is 2.15. The highest BCUT2D eigenvalue weighted by Crippen LogP contribution is 2.25. The number of ether oxygens (including phenoxy) is 1. The van der Waals surface area contributed by atoms with Gasteiger partial charge in [0.2, 0.25) is 0 Å². The van der Waals surface area contributed by atoms with Gasteiger partial charge in [-0.2, -0.15) is 0 Å². The van der Waals surface area contributed by atoms with Crippen molar-refractivity contribution >= 4 is 17.3 Å². The first-order chi connectivity index (χ1) is 8.24. The maximum atomic E-state index is 11.0. The molecule has 1 aromatic heterocycles. The smallest absolute Gasteiger partial charge is 0.303 e. The summed E-state index contributed by atoms with van der Waals surface area (Å²) < 4.78 is 5.33. The first-order valence-electron chi connectivity index (χ1n) is 6.15. The molecule has 4 heteroatoms. The molecule has 1 rings (SSSR count). The largest absolute Gasteiger partial charge is 0.457 e. The second-order valence-corrected chi connectivity index (χ2v) is 4.98. The SMILES string of the molecule is CCCCNCC[C@H](OC(C)=O)c1cccs1. The maximum Gasteiger partial charge on any atom is 0.303 e. The van der Waals surface area contributed by atoms with Gasteiger partial charge in [0.25, 0.3) is 0 Å². The van der Waals surface area contributed by atoms with Crippen molar-refractivity contribution in [3.8, 4) is 0 Å². The molecule has 0 radical (unpaired) electrons. The van der Waals surface area contributed by atoms with Crippen LogP contribution in [0, 0.1) is 0 Å². The van der Waals surface area contributed by atoms with Crippen molar-refractivity contribution in [1.82, 2.24) is 5.32 Å². The van der Waals surface area contributed by atoms with Crippen LogP contribution in [0.3, 0.4) is 0 Å². The predicted molar refractivity (Wildman–Crippen MR) is 71.2 cm³/mol. The lowest BCUT2D eigenvalue weighted by molar-refractivity contribution is -0.146. The van der Waals surface area contributed by atoms with Gasteiger partial charge in [0.05, 0.1) is 0 Å². The van der Waals surface area contributed by atoms with Crippen molar-refractivity contribution in [2.24, 2.45) is 0 Å². The molecule has 0 aliphatic rings. The molecule has 0 saturated heterocycles. The van der Waals surface area contributed by atoms with Crippen LogP contribution in [-0.4, -0.2) is 19.1 Å². The summed E-state index contributed by atoms with van der Waals surface area (Å²) in [7, 11) is 0. The molecule has 0 aliphatic carbocycles. The van der Waals surface area contributed by atoms with Crippen LogP contribution in [0.1, 0.15) is 44.1 Å². The van der Waals surface area contributed by atoms with E-state index in [2.05, 4.69) is 12.2 Å². The third-order valence-corrected chi connectivity index (χ3v) is 3.42. The lowest BCUT2D eigenvalue weighted by Gasteiger charge is -2.15. The van der Waals surface area contributed by atoms with E-state index < -0.39 is 0 Å². The van der Waals surface area contributed by atoms with Crippen LogP contribution in [-0.2, 0) is 9.53 Å². The fourth-order valence-corrected chi connectivity index (χ4v) is 2.38. The predicted octanol–water partition coefficient (Wildman–Crippen LogP) is 3.13. The number of hydrogen-bond donors (Lipinski definition) is 1. The third-order valence-electron chi connectivity index (χ3n) is 2.46. The van der Waals surface area contributed by atoms with Crippen molar-refractivity contribution in [2.75, 3.05) is 13.1 Å². The van der Waals surface area contributed by atoms with E-state index in [-0.39, 0.29) is 12.1 Å². The Morgan fingerprint density at radius 1 is 1.53 bits per heavy atom. The van der Waals surface area contributed by atoms with E-state index in [0.29, 0.717) is 0 Å². The van der Waals surface area contributed by atoms with E-state index in [0.717, 1.165) is 24.4 Å². The minimum Gasteiger partial charge on any atom is -0.457 e. The van der Waals surface area contributed by atoms with Gasteiger partial charge < -0.3 is 10.1 Å². The summed E-state index contributed by atoms with van der Waals surface area (Å²) in [6, 6.07) is 4.01. The quantitative estimate of drug-likeness (QED) is 0.573. The molecule has 1 heterocycles. The van der Waals surface area contributed by atoms with Crippen molar-refractivity contribution in [1.29, 1.82) is 0 Å². The van der Waals surface area contributed by atoms with Gasteiger partial charge in [0.15, 0.2) is 0 Å². The van der Waals surface area contributed by atoms with E-state index in [1.807, 2.05) is 17.5 Å². The zero-order chi connectivity index (χ0) is 12.5. The highest BCUT2D eigenvalue weighted by molar-refractivity contribution is 7.10. The van der Waals surface area contributed by atoms with Crippen molar-refractivity contribution in [3.63, 3.8) is 0 Å². The lowest BCUT2D eigenvalue weighted by atomic mass is 10.2. The molecule has 0 aromatic carbocycles. The number of carbonyl (C=O) groups is 1. The zero-order valence-electron chi connectivity index (χ0n) is 10.6. The Kier molecular flexibility index (Phi) is 6.89. The second-order valence-electron chi connectivity index (χ2n) is 4.01. The number of rotatable bonds is 8. The van der Waals surface area contributed by atoms with Gasteiger partial charge in [-0.15, -0.1) is 11.3 Å². The lowest BCUT2D eigenvalue weighted by Crippen LogP contribution is -2.20. The Balaban J connectivity index is 2.34. The average molecular weight is 255 g/mol. The number of hydrogen-bond acceptors (Lipinski definition) is 4. The number of nitrogens with one attached hydrogen (secondary N) is 1. The molecule has 96 valence electrons. The normalized spacial score (nSPS) is 12.4. The molecule has 0 amide bonds. The average Bonchev–Trinajstić information content (AvgIpc) is 2.80. The summed E-state index contributed by atoms with van der Waals surface area (Å²) in [4.78, 5) is 12.2. The van der Waals surface area contributed by atoms with E-state index in [9.17, 15) is 4.79 Å². The zero-order valence-corrected chi connectivity index (χ0v) is 11.4. The summed E-state index contributed by atoms with van der Waals surface area (Å²) in [5.41, 5.74) is 0.